The van der Waals surface area contributed by atoms with Gasteiger partial charge >= 0.3 is 0 Å². The summed E-state index contributed by atoms with van der Waals surface area (Å²) in [5.74, 6) is 1.92. The minimum atomic E-state index is -0.169. The van der Waals surface area contributed by atoms with E-state index >= 15 is 0 Å². The molecule has 43 heavy (non-hydrogen) atoms. The number of likely N-dealkylation sites (N-methyl/N-ethyl adjacent to an activating group) is 2. The fourth-order valence-corrected chi connectivity index (χ4v) is 6.24. The van der Waals surface area contributed by atoms with Crippen LogP contribution < -0.4 is 15.6 Å². The molecule has 2 unspecified atom stereocenters. The summed E-state index contributed by atoms with van der Waals surface area (Å²) in [5.41, 5.74) is 2.45. The lowest BCUT2D eigenvalue weighted by atomic mass is 10.1. The van der Waals surface area contributed by atoms with Gasteiger partial charge in [-0.3, -0.25) is 9.36 Å². The molecule has 0 aliphatic carbocycles. The van der Waals surface area contributed by atoms with Crippen molar-refractivity contribution >= 4 is 22.7 Å². The summed E-state index contributed by atoms with van der Waals surface area (Å²) in [4.78, 5) is 32.9. The van der Waals surface area contributed by atoms with Crippen LogP contribution in [0.2, 0.25) is 0 Å². The predicted molar refractivity (Wildman–Crippen MR) is 168 cm³/mol. The van der Waals surface area contributed by atoms with Crippen molar-refractivity contribution in [2.75, 3.05) is 45.6 Å². The number of hydrogen-bond donors (Lipinski definition) is 1. The summed E-state index contributed by atoms with van der Waals surface area (Å²) in [6.07, 6.45) is 8.96. The van der Waals surface area contributed by atoms with Crippen molar-refractivity contribution in [2.45, 2.75) is 31.4 Å². The van der Waals surface area contributed by atoms with Crippen LogP contribution in [0.25, 0.3) is 28.1 Å². The van der Waals surface area contributed by atoms with E-state index in [4.69, 9.17) is 9.72 Å². The maximum absolute atomic E-state index is 14.2. The second-order valence-electron chi connectivity index (χ2n) is 11.7. The lowest BCUT2D eigenvalue weighted by Gasteiger charge is -2.30. The summed E-state index contributed by atoms with van der Waals surface area (Å²) in [7, 11) is 4.25. The number of pyridine rings is 1. The Morgan fingerprint density at radius 1 is 0.930 bits per heavy atom. The van der Waals surface area contributed by atoms with Crippen molar-refractivity contribution in [3.05, 3.63) is 89.6 Å². The summed E-state index contributed by atoms with van der Waals surface area (Å²) in [6, 6.07) is 19.6. The zero-order valence-corrected chi connectivity index (χ0v) is 24.6. The smallest absolute Gasteiger partial charge is 0.267 e. The number of benzene rings is 2. The average Bonchev–Trinajstić information content (AvgIpc) is 3.67. The summed E-state index contributed by atoms with van der Waals surface area (Å²) in [5, 5.41) is 4.06. The Bertz CT molecular complexity index is 1780. The van der Waals surface area contributed by atoms with Crippen molar-refractivity contribution in [3.8, 4) is 22.8 Å². The molecule has 2 atom stereocenters. The zero-order valence-electron chi connectivity index (χ0n) is 24.6. The Morgan fingerprint density at radius 2 is 1.74 bits per heavy atom. The molecule has 7 rings (SSSR count). The van der Waals surface area contributed by atoms with E-state index in [0.717, 1.165) is 68.0 Å². The Labute approximate surface area is 250 Å². The van der Waals surface area contributed by atoms with E-state index in [0.29, 0.717) is 23.0 Å². The Hall–Kier alpha value is -4.54. The molecular formula is C33H36N8O2. The van der Waals surface area contributed by atoms with Gasteiger partial charge in [-0.2, -0.15) is 4.98 Å². The molecule has 2 aliphatic rings. The standard InChI is InChI=1S/C33H36N8O2/c1-38-16-6-9-28(22-38)43-27-12-10-24(11-13-27)36-33-35-20-23-19-29(31-34-15-18-40(31)26-14-17-39(2)21-26)32(42)41(30(23)37-33)25-7-4-3-5-8-25/h3-5,7-8,10-13,15,18-20,26,28H,6,9,14,16-17,21-22H2,1-2H3,(H,35,36,37). The van der Waals surface area contributed by atoms with Crippen LogP contribution in [0.5, 0.6) is 5.75 Å². The number of piperidine rings is 1. The van der Waals surface area contributed by atoms with Crippen molar-refractivity contribution in [1.29, 1.82) is 0 Å². The van der Waals surface area contributed by atoms with Crippen LogP contribution in [-0.2, 0) is 0 Å². The summed E-state index contributed by atoms with van der Waals surface area (Å²) < 4.78 is 10.0. The van der Waals surface area contributed by atoms with Crippen LogP contribution in [0.15, 0.2) is 84.0 Å². The maximum atomic E-state index is 14.2. The Morgan fingerprint density at radius 3 is 2.51 bits per heavy atom. The van der Waals surface area contributed by atoms with Crippen LogP contribution in [-0.4, -0.2) is 80.3 Å². The number of nitrogens with one attached hydrogen (secondary N) is 1. The first kappa shape index (κ1) is 27.3. The molecule has 0 amide bonds. The summed E-state index contributed by atoms with van der Waals surface area (Å²) in [6.45, 7) is 4.00. The van der Waals surface area contributed by atoms with Crippen LogP contribution >= 0.6 is 0 Å². The van der Waals surface area contributed by atoms with E-state index in [1.165, 1.54) is 0 Å². The number of fused-ring (bicyclic) bond motifs is 1. The maximum Gasteiger partial charge on any atom is 0.267 e. The quantitative estimate of drug-likeness (QED) is 0.297. The summed E-state index contributed by atoms with van der Waals surface area (Å²) >= 11 is 0. The highest BCUT2D eigenvalue weighted by Gasteiger charge is 2.25. The molecule has 2 saturated heterocycles. The minimum Gasteiger partial charge on any atom is -0.489 e. The van der Waals surface area contributed by atoms with Gasteiger partial charge in [0.05, 0.1) is 11.3 Å². The number of imidazole rings is 1. The van der Waals surface area contributed by atoms with Crippen LogP contribution in [0.4, 0.5) is 11.6 Å². The number of likely N-dealkylation sites (tertiary alicyclic amines) is 2. The lowest BCUT2D eigenvalue weighted by Crippen LogP contribution is -2.38. The molecule has 10 heteroatoms. The molecule has 2 aliphatic heterocycles. The Kier molecular flexibility index (Phi) is 7.38. The van der Waals surface area contributed by atoms with Gasteiger partial charge in [0.1, 0.15) is 17.7 Å². The molecule has 10 nitrogen and oxygen atoms in total. The monoisotopic (exact) mass is 576 g/mol. The van der Waals surface area contributed by atoms with Crippen molar-refractivity contribution < 1.29 is 4.74 Å². The molecule has 0 spiro atoms. The highest BCUT2D eigenvalue weighted by atomic mass is 16.5. The van der Waals surface area contributed by atoms with E-state index < -0.39 is 0 Å². The first-order valence-corrected chi connectivity index (χ1v) is 14.9. The topological polar surface area (TPSA) is 93.3 Å². The first-order chi connectivity index (χ1) is 21.0. The van der Waals surface area contributed by atoms with Crippen molar-refractivity contribution in [2.24, 2.45) is 0 Å². The highest BCUT2D eigenvalue weighted by Crippen LogP contribution is 2.28. The van der Waals surface area contributed by atoms with Gasteiger partial charge in [0.15, 0.2) is 5.65 Å². The van der Waals surface area contributed by atoms with E-state index in [2.05, 4.69) is 43.7 Å². The third-order valence-electron chi connectivity index (χ3n) is 8.42. The molecule has 0 saturated carbocycles. The van der Waals surface area contributed by atoms with Gasteiger partial charge in [-0.1, -0.05) is 18.2 Å². The number of ether oxygens (including phenoxy) is 1. The van der Waals surface area contributed by atoms with Gasteiger partial charge in [-0.15, -0.1) is 0 Å². The van der Waals surface area contributed by atoms with Crippen molar-refractivity contribution in [1.82, 2.24) is 33.9 Å². The van der Waals surface area contributed by atoms with Gasteiger partial charge in [0, 0.05) is 48.8 Å². The molecule has 0 radical (unpaired) electrons. The normalized spacial score (nSPS) is 19.6. The number of anilines is 2. The fourth-order valence-electron chi connectivity index (χ4n) is 6.24. The first-order valence-electron chi connectivity index (χ1n) is 14.9. The minimum absolute atomic E-state index is 0.169. The highest BCUT2D eigenvalue weighted by molar-refractivity contribution is 5.82. The van der Waals surface area contributed by atoms with E-state index in [9.17, 15) is 4.79 Å². The van der Waals surface area contributed by atoms with E-state index in [1.807, 2.05) is 66.9 Å². The average molecular weight is 577 g/mol. The molecule has 5 heterocycles. The predicted octanol–water partition coefficient (Wildman–Crippen LogP) is 4.74. The molecule has 3 aromatic heterocycles. The number of rotatable bonds is 7. The molecule has 2 aromatic carbocycles. The largest absolute Gasteiger partial charge is 0.489 e. The molecular weight excluding hydrogens is 540 g/mol. The molecule has 2 fully saturated rings. The number of nitrogens with zero attached hydrogens (tertiary/aromatic N) is 7. The van der Waals surface area contributed by atoms with E-state index in [-0.39, 0.29) is 17.7 Å². The fraction of sp³-hybridized carbons (Fsp3) is 0.333. The van der Waals surface area contributed by atoms with Gasteiger partial charge in [0.2, 0.25) is 5.95 Å². The number of aromatic nitrogens is 5. The van der Waals surface area contributed by atoms with Gasteiger partial charge in [0.25, 0.3) is 5.56 Å². The van der Waals surface area contributed by atoms with Gasteiger partial charge in [-0.05, 0) is 88.9 Å². The van der Waals surface area contributed by atoms with Crippen LogP contribution in [0.3, 0.4) is 0 Å². The van der Waals surface area contributed by atoms with Gasteiger partial charge < -0.3 is 24.4 Å². The van der Waals surface area contributed by atoms with Crippen LogP contribution in [0, 0.1) is 0 Å². The second kappa shape index (κ2) is 11.6. The molecule has 220 valence electrons. The number of hydrogen-bond acceptors (Lipinski definition) is 8. The third-order valence-corrected chi connectivity index (χ3v) is 8.42. The van der Waals surface area contributed by atoms with Crippen LogP contribution in [0.1, 0.15) is 25.3 Å². The SMILES string of the molecule is CN1CCCC(Oc2ccc(Nc3ncc4cc(-c5nccn5C5CCN(C)C5)c(=O)n(-c5ccccc5)c4n3)cc2)C1. The third kappa shape index (κ3) is 5.63. The number of para-hydroxylation sites is 1. The van der Waals surface area contributed by atoms with Crippen molar-refractivity contribution in [3.63, 3.8) is 0 Å². The zero-order chi connectivity index (χ0) is 29.3. The molecule has 0 bridgehead atoms. The second-order valence-corrected chi connectivity index (χ2v) is 11.7. The Balaban J connectivity index is 1.22. The molecule has 1 N–H and O–H groups in total. The van der Waals surface area contributed by atoms with Gasteiger partial charge in [-0.25, -0.2) is 9.97 Å². The molecule has 5 aromatic rings. The lowest BCUT2D eigenvalue weighted by molar-refractivity contribution is 0.104. The van der Waals surface area contributed by atoms with E-state index in [1.54, 1.807) is 17.0 Å².